The highest BCUT2D eigenvalue weighted by Gasteiger charge is 2.29. The summed E-state index contributed by atoms with van der Waals surface area (Å²) in [5.41, 5.74) is 0. The summed E-state index contributed by atoms with van der Waals surface area (Å²) >= 11 is 0. The van der Waals surface area contributed by atoms with E-state index in [4.69, 9.17) is 0 Å². The lowest BCUT2D eigenvalue weighted by atomic mass is 9.76. The van der Waals surface area contributed by atoms with Gasteiger partial charge in [0, 0.05) is 11.8 Å². The van der Waals surface area contributed by atoms with E-state index in [0.29, 0.717) is 17.7 Å². The first-order chi connectivity index (χ1) is 8.02. The van der Waals surface area contributed by atoms with E-state index in [-0.39, 0.29) is 5.75 Å². The summed E-state index contributed by atoms with van der Waals surface area (Å²) in [6, 6.07) is 0.518. The highest BCUT2D eigenvalue weighted by molar-refractivity contribution is 7.91. The van der Waals surface area contributed by atoms with Crippen molar-refractivity contribution in [3.63, 3.8) is 0 Å². The standard InChI is InChI=1S/C13H27NO2S/c1-4-11-6-7-13(14-3)12(10-11)8-9-17(15,16)5-2/h11-14H,4-10H2,1-3H3. The molecule has 17 heavy (non-hydrogen) atoms. The van der Waals surface area contributed by atoms with Crippen LogP contribution in [0.3, 0.4) is 0 Å². The van der Waals surface area contributed by atoms with Gasteiger partial charge in [-0.1, -0.05) is 20.3 Å². The normalized spacial score (nSPS) is 30.4. The Hall–Kier alpha value is -0.0900. The number of hydrogen-bond donors (Lipinski definition) is 1. The lowest BCUT2D eigenvalue weighted by Crippen LogP contribution is -2.39. The van der Waals surface area contributed by atoms with Gasteiger partial charge in [0.25, 0.3) is 0 Å². The van der Waals surface area contributed by atoms with Gasteiger partial charge in [-0.25, -0.2) is 8.42 Å². The van der Waals surface area contributed by atoms with Crippen molar-refractivity contribution in [2.45, 2.75) is 52.0 Å². The number of sulfone groups is 1. The summed E-state index contributed by atoms with van der Waals surface area (Å²) in [6.45, 7) is 3.98. The zero-order valence-corrected chi connectivity index (χ0v) is 12.2. The minimum Gasteiger partial charge on any atom is -0.317 e. The van der Waals surface area contributed by atoms with Gasteiger partial charge in [0.15, 0.2) is 0 Å². The molecule has 0 amide bonds. The topological polar surface area (TPSA) is 46.2 Å². The SMILES string of the molecule is CCC1CCC(NC)C(CCS(=O)(=O)CC)C1. The van der Waals surface area contributed by atoms with Crippen LogP contribution in [0.15, 0.2) is 0 Å². The molecule has 0 aromatic rings. The third-order valence-corrected chi connectivity index (χ3v) is 6.02. The van der Waals surface area contributed by atoms with E-state index in [1.54, 1.807) is 6.92 Å². The summed E-state index contributed by atoms with van der Waals surface area (Å²) in [7, 11) is -0.804. The molecule has 1 aliphatic carbocycles. The molecule has 102 valence electrons. The zero-order chi connectivity index (χ0) is 12.9. The largest absolute Gasteiger partial charge is 0.317 e. The fourth-order valence-electron chi connectivity index (χ4n) is 2.91. The third kappa shape index (κ3) is 4.59. The van der Waals surface area contributed by atoms with Gasteiger partial charge in [0.1, 0.15) is 9.84 Å². The molecule has 0 heterocycles. The molecule has 3 atom stereocenters. The predicted octanol–water partition coefficient (Wildman–Crippen LogP) is 2.23. The Morgan fingerprint density at radius 2 is 1.94 bits per heavy atom. The van der Waals surface area contributed by atoms with Gasteiger partial charge in [-0.3, -0.25) is 0 Å². The number of nitrogens with one attached hydrogen (secondary N) is 1. The van der Waals surface area contributed by atoms with Crippen molar-refractivity contribution in [3.8, 4) is 0 Å². The summed E-state index contributed by atoms with van der Waals surface area (Å²) in [5, 5.41) is 3.36. The first-order valence-electron chi connectivity index (χ1n) is 6.90. The van der Waals surface area contributed by atoms with Crippen LogP contribution in [0.4, 0.5) is 0 Å². The van der Waals surface area contributed by atoms with E-state index >= 15 is 0 Å². The molecule has 0 spiro atoms. The Bertz CT molecular complexity index is 313. The van der Waals surface area contributed by atoms with Crippen molar-refractivity contribution < 1.29 is 8.42 Å². The van der Waals surface area contributed by atoms with Crippen LogP contribution >= 0.6 is 0 Å². The second-order valence-electron chi connectivity index (χ2n) is 5.27. The summed E-state index contributed by atoms with van der Waals surface area (Å²) in [5.74, 6) is 1.98. The second kappa shape index (κ2) is 6.74. The van der Waals surface area contributed by atoms with Crippen LogP contribution in [0.2, 0.25) is 0 Å². The molecule has 4 heteroatoms. The van der Waals surface area contributed by atoms with Crippen LogP contribution < -0.4 is 5.32 Å². The van der Waals surface area contributed by atoms with Gasteiger partial charge in [0.2, 0.25) is 0 Å². The van der Waals surface area contributed by atoms with E-state index in [1.165, 1.54) is 25.7 Å². The monoisotopic (exact) mass is 261 g/mol. The summed E-state index contributed by atoms with van der Waals surface area (Å²) < 4.78 is 23.1. The van der Waals surface area contributed by atoms with Crippen molar-refractivity contribution in [1.82, 2.24) is 5.32 Å². The lowest BCUT2D eigenvalue weighted by Gasteiger charge is -2.35. The van der Waals surface area contributed by atoms with Crippen molar-refractivity contribution >= 4 is 9.84 Å². The van der Waals surface area contributed by atoms with Gasteiger partial charge in [-0.15, -0.1) is 0 Å². The zero-order valence-electron chi connectivity index (χ0n) is 11.4. The molecule has 1 aliphatic rings. The number of rotatable bonds is 6. The Balaban J connectivity index is 2.52. The lowest BCUT2D eigenvalue weighted by molar-refractivity contribution is 0.202. The van der Waals surface area contributed by atoms with E-state index in [9.17, 15) is 8.42 Å². The molecule has 3 nitrogen and oxygen atoms in total. The van der Waals surface area contributed by atoms with Crippen LogP contribution in [-0.4, -0.2) is 33.0 Å². The first kappa shape index (κ1) is 15.0. The molecule has 0 aromatic carbocycles. The smallest absolute Gasteiger partial charge is 0.150 e. The van der Waals surface area contributed by atoms with Crippen molar-refractivity contribution in [2.24, 2.45) is 11.8 Å². The maximum absolute atomic E-state index is 11.6. The van der Waals surface area contributed by atoms with E-state index in [2.05, 4.69) is 12.2 Å². The maximum Gasteiger partial charge on any atom is 0.150 e. The predicted molar refractivity (Wildman–Crippen MR) is 72.9 cm³/mol. The van der Waals surface area contributed by atoms with Gasteiger partial charge in [-0.05, 0) is 44.6 Å². The molecule has 0 saturated heterocycles. The molecule has 1 saturated carbocycles. The first-order valence-corrected chi connectivity index (χ1v) is 8.72. The molecule has 3 unspecified atom stereocenters. The van der Waals surface area contributed by atoms with Gasteiger partial charge >= 0.3 is 0 Å². The molecule has 0 aliphatic heterocycles. The Morgan fingerprint density at radius 3 is 2.47 bits per heavy atom. The van der Waals surface area contributed by atoms with Crippen LogP contribution in [0.1, 0.15) is 46.0 Å². The number of hydrogen-bond acceptors (Lipinski definition) is 3. The van der Waals surface area contributed by atoms with Gasteiger partial charge in [-0.2, -0.15) is 0 Å². The van der Waals surface area contributed by atoms with E-state index in [1.807, 2.05) is 7.05 Å². The summed E-state index contributed by atoms with van der Waals surface area (Å²) in [4.78, 5) is 0. The minimum absolute atomic E-state index is 0.279. The quantitative estimate of drug-likeness (QED) is 0.797. The molecule has 1 fully saturated rings. The van der Waals surface area contributed by atoms with Crippen molar-refractivity contribution in [3.05, 3.63) is 0 Å². The fourth-order valence-corrected chi connectivity index (χ4v) is 3.86. The maximum atomic E-state index is 11.6. The van der Waals surface area contributed by atoms with Gasteiger partial charge in [0.05, 0.1) is 5.75 Å². The highest BCUT2D eigenvalue weighted by Crippen LogP contribution is 2.33. The van der Waals surface area contributed by atoms with Crippen molar-refractivity contribution in [2.75, 3.05) is 18.6 Å². The third-order valence-electron chi connectivity index (χ3n) is 4.28. The molecular formula is C13H27NO2S. The van der Waals surface area contributed by atoms with Crippen LogP contribution in [0.25, 0.3) is 0 Å². The minimum atomic E-state index is -2.80. The molecule has 1 rings (SSSR count). The summed E-state index contributed by atoms with van der Waals surface area (Å²) in [6.07, 6.45) is 5.75. The molecule has 0 bridgehead atoms. The van der Waals surface area contributed by atoms with Crippen molar-refractivity contribution in [1.29, 1.82) is 0 Å². The Morgan fingerprint density at radius 1 is 1.24 bits per heavy atom. The average molecular weight is 261 g/mol. The Kier molecular flexibility index (Phi) is 5.93. The molecule has 0 aromatic heterocycles. The highest BCUT2D eigenvalue weighted by atomic mass is 32.2. The van der Waals surface area contributed by atoms with E-state index < -0.39 is 9.84 Å². The molecule has 0 radical (unpaired) electrons. The average Bonchev–Trinajstić information content (AvgIpc) is 2.36. The van der Waals surface area contributed by atoms with E-state index in [0.717, 1.165) is 12.3 Å². The second-order valence-corrected chi connectivity index (χ2v) is 7.74. The molecular weight excluding hydrogens is 234 g/mol. The fraction of sp³-hybridized carbons (Fsp3) is 1.00. The molecule has 1 N–H and O–H groups in total. The van der Waals surface area contributed by atoms with Crippen LogP contribution in [0.5, 0.6) is 0 Å². The Labute approximate surface area is 106 Å². The van der Waals surface area contributed by atoms with Crippen LogP contribution in [-0.2, 0) is 9.84 Å². The van der Waals surface area contributed by atoms with Crippen LogP contribution in [0, 0.1) is 11.8 Å². The van der Waals surface area contributed by atoms with Gasteiger partial charge < -0.3 is 5.32 Å².